The number of benzene rings is 1. The van der Waals surface area contributed by atoms with E-state index >= 15 is 0 Å². The molecule has 0 spiro atoms. The Kier molecular flexibility index (Phi) is 3.57. The van der Waals surface area contributed by atoms with Crippen LogP contribution in [0.15, 0.2) is 29.2 Å². The highest BCUT2D eigenvalue weighted by Gasteiger charge is 2.26. The number of anilines is 1. The monoisotopic (exact) mass is 262 g/mol. The molecule has 1 N–H and O–H groups in total. The predicted molar refractivity (Wildman–Crippen MR) is 75.1 cm³/mol. The summed E-state index contributed by atoms with van der Waals surface area (Å²) >= 11 is 1.85. The fourth-order valence-electron chi connectivity index (χ4n) is 2.67. The molecule has 1 atom stereocenters. The Hall–Kier alpha value is -1.00. The number of amides is 1. The van der Waals surface area contributed by atoms with Gasteiger partial charge in [-0.3, -0.25) is 4.79 Å². The minimum absolute atomic E-state index is 0.288. The number of thioether (sulfide) groups is 1. The van der Waals surface area contributed by atoms with Crippen LogP contribution in [0.25, 0.3) is 0 Å². The summed E-state index contributed by atoms with van der Waals surface area (Å²) in [5.41, 5.74) is 1.10. The van der Waals surface area contributed by atoms with E-state index in [0.717, 1.165) is 37.5 Å². The number of nitrogens with zero attached hydrogens (tertiary/aromatic N) is 1. The maximum atomic E-state index is 12.4. The fraction of sp³-hybridized carbons (Fsp3) is 0.500. The summed E-state index contributed by atoms with van der Waals surface area (Å²) < 4.78 is 0. The summed E-state index contributed by atoms with van der Waals surface area (Å²) in [6, 6.07) is 8.23. The van der Waals surface area contributed by atoms with Crippen LogP contribution in [-0.2, 0) is 4.79 Å². The lowest BCUT2D eigenvalue weighted by atomic mass is 10.0. The summed E-state index contributed by atoms with van der Waals surface area (Å²) in [5, 5.41) is 3.32. The molecule has 1 fully saturated rings. The van der Waals surface area contributed by atoms with Crippen molar-refractivity contribution in [1.29, 1.82) is 0 Å². The molecule has 1 aromatic rings. The van der Waals surface area contributed by atoms with Crippen molar-refractivity contribution in [1.82, 2.24) is 5.32 Å². The van der Waals surface area contributed by atoms with Crippen LogP contribution >= 0.6 is 11.8 Å². The van der Waals surface area contributed by atoms with E-state index in [1.807, 2.05) is 28.8 Å². The second-order valence-electron chi connectivity index (χ2n) is 4.92. The highest BCUT2D eigenvalue weighted by atomic mass is 32.2. The largest absolute Gasteiger partial charge is 0.316 e. The average molecular weight is 262 g/mol. The van der Waals surface area contributed by atoms with Gasteiger partial charge in [0.25, 0.3) is 0 Å². The SMILES string of the molecule is O=C(CC1CCNC1)N1CCSc2ccccc21. The zero-order valence-corrected chi connectivity index (χ0v) is 11.2. The molecule has 2 heterocycles. The Morgan fingerprint density at radius 2 is 2.33 bits per heavy atom. The molecule has 3 nitrogen and oxygen atoms in total. The average Bonchev–Trinajstić information content (AvgIpc) is 2.91. The Morgan fingerprint density at radius 1 is 1.44 bits per heavy atom. The smallest absolute Gasteiger partial charge is 0.227 e. The van der Waals surface area contributed by atoms with Crippen LogP contribution in [0.1, 0.15) is 12.8 Å². The molecule has 1 saturated heterocycles. The molecule has 0 aromatic heterocycles. The van der Waals surface area contributed by atoms with Gasteiger partial charge in [-0.15, -0.1) is 11.8 Å². The molecule has 0 aliphatic carbocycles. The van der Waals surface area contributed by atoms with Gasteiger partial charge in [-0.2, -0.15) is 0 Å². The zero-order valence-electron chi connectivity index (χ0n) is 10.4. The number of hydrogen-bond acceptors (Lipinski definition) is 3. The van der Waals surface area contributed by atoms with Gasteiger partial charge < -0.3 is 10.2 Å². The molecule has 3 rings (SSSR count). The van der Waals surface area contributed by atoms with E-state index in [2.05, 4.69) is 17.4 Å². The van der Waals surface area contributed by atoms with Crippen molar-refractivity contribution in [3.05, 3.63) is 24.3 Å². The highest BCUT2D eigenvalue weighted by Crippen LogP contribution is 2.35. The van der Waals surface area contributed by atoms with Gasteiger partial charge in [-0.1, -0.05) is 12.1 Å². The van der Waals surface area contributed by atoms with E-state index in [0.29, 0.717) is 12.3 Å². The summed E-state index contributed by atoms with van der Waals surface area (Å²) in [4.78, 5) is 15.6. The molecule has 18 heavy (non-hydrogen) atoms. The van der Waals surface area contributed by atoms with E-state index in [1.165, 1.54) is 4.90 Å². The van der Waals surface area contributed by atoms with Crippen molar-refractivity contribution >= 4 is 23.4 Å². The number of rotatable bonds is 2. The summed E-state index contributed by atoms with van der Waals surface area (Å²) in [6.45, 7) is 2.90. The van der Waals surface area contributed by atoms with Crippen LogP contribution in [0, 0.1) is 5.92 Å². The third-order valence-electron chi connectivity index (χ3n) is 3.66. The third-order valence-corrected chi connectivity index (χ3v) is 4.70. The third kappa shape index (κ3) is 2.40. The number of carbonyl (C=O) groups excluding carboxylic acids is 1. The van der Waals surface area contributed by atoms with Gasteiger partial charge >= 0.3 is 0 Å². The Bertz CT molecular complexity index is 443. The first-order chi connectivity index (χ1) is 8.84. The first-order valence-corrected chi connectivity index (χ1v) is 7.56. The van der Waals surface area contributed by atoms with Crippen molar-refractivity contribution < 1.29 is 4.79 Å². The normalized spacial score (nSPS) is 22.9. The first kappa shape index (κ1) is 12.1. The van der Waals surface area contributed by atoms with Crippen LogP contribution in [0.2, 0.25) is 0 Å². The molecule has 4 heteroatoms. The molecule has 2 aliphatic rings. The second kappa shape index (κ2) is 5.33. The lowest BCUT2D eigenvalue weighted by molar-refractivity contribution is -0.119. The van der Waals surface area contributed by atoms with Crippen LogP contribution in [0.5, 0.6) is 0 Å². The van der Waals surface area contributed by atoms with Gasteiger partial charge in [-0.25, -0.2) is 0 Å². The number of para-hydroxylation sites is 1. The van der Waals surface area contributed by atoms with Crippen LogP contribution in [-0.4, -0.2) is 31.3 Å². The second-order valence-corrected chi connectivity index (χ2v) is 6.06. The molecule has 0 bridgehead atoms. The predicted octanol–water partition coefficient (Wildman–Crippen LogP) is 2.12. The first-order valence-electron chi connectivity index (χ1n) is 6.57. The van der Waals surface area contributed by atoms with Gasteiger partial charge in [0.2, 0.25) is 5.91 Å². The molecule has 0 radical (unpaired) electrons. The Labute approximate surface area is 112 Å². The molecule has 0 saturated carbocycles. The van der Waals surface area contributed by atoms with Gasteiger partial charge in [0, 0.05) is 23.6 Å². The van der Waals surface area contributed by atoms with Crippen molar-refractivity contribution in [3.63, 3.8) is 0 Å². The number of hydrogen-bond donors (Lipinski definition) is 1. The number of fused-ring (bicyclic) bond motifs is 1. The molecular formula is C14H18N2OS. The van der Waals surface area contributed by atoms with E-state index in [4.69, 9.17) is 0 Å². The van der Waals surface area contributed by atoms with E-state index in [9.17, 15) is 4.79 Å². The molecule has 96 valence electrons. The fourth-order valence-corrected chi connectivity index (χ4v) is 3.67. The van der Waals surface area contributed by atoms with Gasteiger partial charge in [0.15, 0.2) is 0 Å². The standard InChI is InChI=1S/C14H18N2OS/c17-14(9-11-5-6-15-10-11)16-7-8-18-13-4-2-1-3-12(13)16/h1-4,11,15H,5-10H2. The quantitative estimate of drug-likeness (QED) is 0.886. The molecule has 1 unspecified atom stereocenters. The number of nitrogens with one attached hydrogen (secondary N) is 1. The number of carbonyl (C=O) groups is 1. The van der Waals surface area contributed by atoms with E-state index in [-0.39, 0.29) is 5.91 Å². The molecule has 1 aromatic carbocycles. The lowest BCUT2D eigenvalue weighted by Crippen LogP contribution is -2.36. The van der Waals surface area contributed by atoms with Gasteiger partial charge in [0.05, 0.1) is 5.69 Å². The van der Waals surface area contributed by atoms with Crippen LogP contribution < -0.4 is 10.2 Å². The zero-order chi connectivity index (χ0) is 12.4. The van der Waals surface area contributed by atoms with Crippen molar-refractivity contribution in [2.75, 3.05) is 30.3 Å². The topological polar surface area (TPSA) is 32.3 Å². The van der Waals surface area contributed by atoms with E-state index in [1.54, 1.807) is 0 Å². The van der Waals surface area contributed by atoms with Crippen molar-refractivity contribution in [2.24, 2.45) is 5.92 Å². The summed E-state index contributed by atoms with van der Waals surface area (Å²) in [7, 11) is 0. The summed E-state index contributed by atoms with van der Waals surface area (Å²) in [5.74, 6) is 1.82. The Morgan fingerprint density at radius 3 is 3.17 bits per heavy atom. The minimum Gasteiger partial charge on any atom is -0.316 e. The maximum Gasteiger partial charge on any atom is 0.227 e. The Balaban J connectivity index is 1.74. The molecule has 1 amide bonds. The van der Waals surface area contributed by atoms with Crippen LogP contribution in [0.4, 0.5) is 5.69 Å². The molecular weight excluding hydrogens is 244 g/mol. The maximum absolute atomic E-state index is 12.4. The molecule has 2 aliphatic heterocycles. The van der Waals surface area contributed by atoms with Gasteiger partial charge in [-0.05, 0) is 37.6 Å². The van der Waals surface area contributed by atoms with E-state index < -0.39 is 0 Å². The van der Waals surface area contributed by atoms with Gasteiger partial charge in [0.1, 0.15) is 0 Å². The minimum atomic E-state index is 0.288. The van der Waals surface area contributed by atoms with Crippen molar-refractivity contribution in [2.45, 2.75) is 17.7 Å². The van der Waals surface area contributed by atoms with Crippen molar-refractivity contribution in [3.8, 4) is 0 Å². The lowest BCUT2D eigenvalue weighted by Gasteiger charge is -2.29. The summed E-state index contributed by atoms with van der Waals surface area (Å²) in [6.07, 6.45) is 1.82. The highest BCUT2D eigenvalue weighted by molar-refractivity contribution is 7.99. The van der Waals surface area contributed by atoms with Crippen LogP contribution in [0.3, 0.4) is 0 Å².